The zero-order valence-electron chi connectivity index (χ0n) is 17.8. The molecule has 0 unspecified atom stereocenters. The second-order valence-corrected chi connectivity index (χ2v) is 8.69. The van der Waals surface area contributed by atoms with Gasteiger partial charge in [0.25, 0.3) is 5.91 Å². The molecule has 0 radical (unpaired) electrons. The number of amides is 1. The Labute approximate surface area is 185 Å². The van der Waals surface area contributed by atoms with Gasteiger partial charge in [0.05, 0.1) is 16.1 Å². The minimum Gasteiger partial charge on any atom is -0.454 e. The zero-order chi connectivity index (χ0) is 22.1. The average Bonchev–Trinajstić information content (AvgIpc) is 3.35. The van der Waals surface area contributed by atoms with E-state index in [0.717, 1.165) is 24.2 Å². The molecule has 0 saturated heterocycles. The number of para-hydroxylation sites is 1. The average molecular weight is 437 g/mol. The molecule has 1 aliphatic carbocycles. The number of aryl methyl sites for hydroxylation is 1. The molecule has 1 aliphatic rings. The third-order valence-electron chi connectivity index (χ3n) is 5.55. The fraction of sp³-hybridized carbons (Fsp3) is 0.292. The van der Waals surface area contributed by atoms with Gasteiger partial charge in [-0.15, -0.1) is 11.3 Å². The maximum absolute atomic E-state index is 12.8. The van der Waals surface area contributed by atoms with E-state index in [1.165, 1.54) is 16.2 Å². The number of aromatic nitrogens is 1. The normalized spacial score (nSPS) is 13.1. The molecule has 2 heterocycles. The summed E-state index contributed by atoms with van der Waals surface area (Å²) in [5.41, 5.74) is 3.24. The number of rotatable bonds is 7. The summed E-state index contributed by atoms with van der Waals surface area (Å²) in [5, 5.41) is 1.83. The summed E-state index contributed by atoms with van der Waals surface area (Å²) in [6, 6.07) is 12.6. The fourth-order valence-electron chi connectivity index (χ4n) is 3.85. The van der Waals surface area contributed by atoms with Gasteiger partial charge in [-0.2, -0.15) is 0 Å². The van der Waals surface area contributed by atoms with Crippen LogP contribution in [-0.4, -0.2) is 35.9 Å². The number of carbonyl (C=O) groups is 3. The van der Waals surface area contributed by atoms with Gasteiger partial charge in [-0.3, -0.25) is 9.59 Å². The number of ketones is 1. The van der Waals surface area contributed by atoms with Crippen molar-refractivity contribution in [1.82, 2.24) is 4.57 Å². The van der Waals surface area contributed by atoms with Crippen LogP contribution < -0.4 is 4.90 Å². The third kappa shape index (κ3) is 4.18. The smallest absolute Gasteiger partial charge is 0.340 e. The van der Waals surface area contributed by atoms with E-state index in [-0.39, 0.29) is 23.9 Å². The Morgan fingerprint density at radius 2 is 1.84 bits per heavy atom. The van der Waals surface area contributed by atoms with E-state index in [9.17, 15) is 14.4 Å². The maximum Gasteiger partial charge on any atom is 0.340 e. The van der Waals surface area contributed by atoms with Crippen LogP contribution in [-0.2, 0) is 4.74 Å². The Hall–Kier alpha value is -3.19. The highest BCUT2D eigenvalue weighted by molar-refractivity contribution is 7.12. The van der Waals surface area contributed by atoms with Crippen LogP contribution in [0.25, 0.3) is 0 Å². The highest BCUT2D eigenvalue weighted by atomic mass is 32.1. The van der Waals surface area contributed by atoms with E-state index in [1.807, 2.05) is 25.3 Å². The van der Waals surface area contributed by atoms with Crippen LogP contribution in [0.1, 0.15) is 60.7 Å². The molecule has 1 aromatic carbocycles. The van der Waals surface area contributed by atoms with Gasteiger partial charge in [0, 0.05) is 30.0 Å². The topological polar surface area (TPSA) is 68.6 Å². The van der Waals surface area contributed by atoms with E-state index in [1.54, 1.807) is 43.4 Å². The van der Waals surface area contributed by atoms with Crippen molar-refractivity contribution in [1.29, 1.82) is 0 Å². The van der Waals surface area contributed by atoms with Crippen molar-refractivity contribution in [3.8, 4) is 0 Å². The highest BCUT2D eigenvalue weighted by Gasteiger charge is 2.29. The van der Waals surface area contributed by atoms with Gasteiger partial charge in [0.1, 0.15) is 0 Å². The first-order valence-corrected chi connectivity index (χ1v) is 11.1. The molecule has 6 nitrogen and oxygen atoms in total. The molecule has 4 rings (SSSR count). The monoisotopic (exact) mass is 436 g/mol. The number of esters is 1. The lowest BCUT2D eigenvalue weighted by Crippen LogP contribution is -2.27. The number of benzene rings is 1. The first-order valence-electron chi connectivity index (χ1n) is 10.2. The Bertz CT molecular complexity index is 1140. The summed E-state index contributed by atoms with van der Waals surface area (Å²) in [6.07, 6.45) is 2.26. The molecule has 31 heavy (non-hydrogen) atoms. The highest BCUT2D eigenvalue weighted by Crippen LogP contribution is 2.38. The standard InChI is InChI=1S/C24H24N2O4S/c1-15-13-19(16(2)26(15)17-10-11-17)21(27)14-30-24(29)18-7-4-5-8-20(18)25(3)23(28)22-9-6-12-31-22/h4-9,12-13,17H,10-11,14H2,1-3H3. The van der Waals surface area contributed by atoms with Crippen LogP contribution in [0.5, 0.6) is 0 Å². The first kappa shape index (κ1) is 21.1. The van der Waals surface area contributed by atoms with Crippen LogP contribution in [0, 0.1) is 13.8 Å². The van der Waals surface area contributed by atoms with Crippen LogP contribution >= 0.6 is 11.3 Å². The Balaban J connectivity index is 1.48. The largest absolute Gasteiger partial charge is 0.454 e. The fourth-order valence-corrected chi connectivity index (χ4v) is 4.55. The number of carbonyl (C=O) groups excluding carboxylic acids is 3. The van der Waals surface area contributed by atoms with E-state index < -0.39 is 5.97 Å². The van der Waals surface area contributed by atoms with E-state index in [0.29, 0.717) is 22.2 Å². The third-order valence-corrected chi connectivity index (χ3v) is 6.41. The second kappa shape index (κ2) is 8.51. The van der Waals surface area contributed by atoms with Crippen molar-refractivity contribution in [2.45, 2.75) is 32.7 Å². The summed E-state index contributed by atoms with van der Waals surface area (Å²) in [7, 11) is 1.62. The minimum atomic E-state index is -0.634. The number of nitrogens with zero attached hydrogens (tertiary/aromatic N) is 2. The second-order valence-electron chi connectivity index (χ2n) is 7.74. The number of thiophene rings is 1. The van der Waals surface area contributed by atoms with Crippen LogP contribution in [0.4, 0.5) is 5.69 Å². The van der Waals surface area contributed by atoms with Gasteiger partial charge >= 0.3 is 5.97 Å². The van der Waals surface area contributed by atoms with Crippen LogP contribution in [0.2, 0.25) is 0 Å². The molecule has 0 spiro atoms. The molecule has 0 aliphatic heterocycles. The lowest BCUT2D eigenvalue weighted by atomic mass is 10.1. The Morgan fingerprint density at radius 3 is 2.52 bits per heavy atom. The number of hydrogen-bond acceptors (Lipinski definition) is 5. The number of hydrogen-bond donors (Lipinski definition) is 0. The molecule has 1 amide bonds. The summed E-state index contributed by atoms with van der Waals surface area (Å²) in [6.45, 7) is 3.58. The van der Waals surface area contributed by atoms with E-state index in [4.69, 9.17) is 4.74 Å². The molecular weight excluding hydrogens is 412 g/mol. The maximum atomic E-state index is 12.8. The summed E-state index contributed by atoms with van der Waals surface area (Å²) < 4.78 is 7.54. The molecule has 0 atom stereocenters. The molecule has 160 valence electrons. The van der Waals surface area contributed by atoms with Crippen molar-refractivity contribution in [2.75, 3.05) is 18.6 Å². The van der Waals surface area contributed by atoms with Gasteiger partial charge in [0.2, 0.25) is 5.78 Å². The number of anilines is 1. The van der Waals surface area contributed by atoms with E-state index >= 15 is 0 Å². The lowest BCUT2D eigenvalue weighted by Gasteiger charge is -2.19. The lowest BCUT2D eigenvalue weighted by molar-refractivity contribution is 0.0475. The predicted molar refractivity (Wildman–Crippen MR) is 120 cm³/mol. The van der Waals surface area contributed by atoms with Gasteiger partial charge < -0.3 is 14.2 Å². The van der Waals surface area contributed by atoms with Gasteiger partial charge in [-0.05, 0) is 56.3 Å². The van der Waals surface area contributed by atoms with Crippen LogP contribution in [0.3, 0.4) is 0 Å². The van der Waals surface area contributed by atoms with E-state index in [2.05, 4.69) is 4.57 Å². The van der Waals surface area contributed by atoms with Crippen molar-refractivity contribution in [3.05, 3.63) is 75.2 Å². The molecule has 1 fully saturated rings. The molecule has 2 aromatic heterocycles. The molecule has 7 heteroatoms. The van der Waals surface area contributed by atoms with Gasteiger partial charge in [0.15, 0.2) is 6.61 Å². The molecular formula is C24H24N2O4S. The Morgan fingerprint density at radius 1 is 1.10 bits per heavy atom. The number of ether oxygens (including phenoxy) is 1. The van der Waals surface area contributed by atoms with Crippen LogP contribution in [0.15, 0.2) is 47.8 Å². The molecule has 3 aromatic rings. The van der Waals surface area contributed by atoms with Gasteiger partial charge in [-0.1, -0.05) is 18.2 Å². The van der Waals surface area contributed by atoms with Crippen molar-refractivity contribution in [2.24, 2.45) is 0 Å². The SMILES string of the molecule is Cc1cc(C(=O)COC(=O)c2ccccc2N(C)C(=O)c2cccs2)c(C)n1C1CC1. The van der Waals surface area contributed by atoms with Gasteiger partial charge in [-0.25, -0.2) is 4.79 Å². The predicted octanol–water partition coefficient (Wildman–Crippen LogP) is 4.82. The Kier molecular flexibility index (Phi) is 5.78. The zero-order valence-corrected chi connectivity index (χ0v) is 18.6. The number of Topliss-reactive ketones (excluding diaryl/α,β-unsaturated/α-hetero) is 1. The van der Waals surface area contributed by atoms with Crippen molar-refractivity contribution < 1.29 is 19.1 Å². The van der Waals surface area contributed by atoms with Crippen molar-refractivity contribution in [3.63, 3.8) is 0 Å². The quantitative estimate of drug-likeness (QED) is 0.393. The summed E-state index contributed by atoms with van der Waals surface area (Å²) in [4.78, 5) is 40.2. The molecule has 0 bridgehead atoms. The molecule has 1 saturated carbocycles. The minimum absolute atomic E-state index is 0.209. The summed E-state index contributed by atoms with van der Waals surface area (Å²) in [5.74, 6) is -1.07. The molecule has 0 N–H and O–H groups in total. The summed E-state index contributed by atoms with van der Waals surface area (Å²) >= 11 is 1.34. The first-order chi connectivity index (χ1) is 14.9. The van der Waals surface area contributed by atoms with Crippen molar-refractivity contribution >= 4 is 34.7 Å².